The first-order chi connectivity index (χ1) is 14.3. The molecule has 0 saturated carbocycles. The maximum absolute atomic E-state index is 5.72. The molecule has 0 amide bonds. The van der Waals surface area contributed by atoms with Gasteiger partial charge in [0.2, 0.25) is 0 Å². The van der Waals surface area contributed by atoms with E-state index in [9.17, 15) is 0 Å². The lowest BCUT2D eigenvalue weighted by Crippen LogP contribution is -2.38. The Bertz CT molecular complexity index is 864. The van der Waals surface area contributed by atoms with Gasteiger partial charge in [0.15, 0.2) is 5.96 Å². The van der Waals surface area contributed by atoms with Gasteiger partial charge in [-0.25, -0.2) is 14.7 Å². The van der Waals surface area contributed by atoms with Gasteiger partial charge in [-0.3, -0.25) is 0 Å². The normalized spacial score (nSPS) is 11.3. The number of hydrogen-bond donors (Lipinski definition) is 2. The molecule has 0 bridgehead atoms. The molecule has 152 valence electrons. The van der Waals surface area contributed by atoms with Crippen LogP contribution < -0.4 is 15.4 Å². The number of guanidine groups is 1. The predicted octanol–water partition coefficient (Wildman–Crippen LogP) is 2.85. The zero-order valence-corrected chi connectivity index (χ0v) is 16.8. The van der Waals surface area contributed by atoms with Gasteiger partial charge in [-0.15, -0.1) is 0 Å². The Balaban J connectivity index is 1.45. The van der Waals surface area contributed by atoms with Crippen molar-refractivity contribution >= 4 is 5.96 Å². The summed E-state index contributed by atoms with van der Waals surface area (Å²) < 4.78 is 7.53. The summed E-state index contributed by atoms with van der Waals surface area (Å²) in [4.78, 5) is 8.68. The zero-order valence-electron chi connectivity index (χ0n) is 16.8. The molecule has 2 aromatic carbocycles. The molecular weight excluding hydrogens is 364 g/mol. The summed E-state index contributed by atoms with van der Waals surface area (Å²) in [7, 11) is 0. The Kier molecular flexibility index (Phi) is 8.07. The molecule has 0 unspecified atom stereocenters. The fourth-order valence-electron chi connectivity index (χ4n) is 2.83. The molecule has 1 heterocycles. The van der Waals surface area contributed by atoms with Crippen LogP contribution in [-0.4, -0.2) is 40.4 Å². The predicted molar refractivity (Wildman–Crippen MR) is 115 cm³/mol. The van der Waals surface area contributed by atoms with Gasteiger partial charge in [0.05, 0.1) is 19.7 Å². The van der Waals surface area contributed by atoms with E-state index in [4.69, 9.17) is 9.73 Å². The van der Waals surface area contributed by atoms with Gasteiger partial charge in [0.25, 0.3) is 0 Å². The zero-order chi connectivity index (χ0) is 20.2. The molecule has 1 aromatic heterocycles. The lowest BCUT2D eigenvalue weighted by Gasteiger charge is -2.12. The second-order valence-corrected chi connectivity index (χ2v) is 6.55. The highest BCUT2D eigenvalue weighted by molar-refractivity contribution is 5.79. The third-order valence-corrected chi connectivity index (χ3v) is 4.19. The van der Waals surface area contributed by atoms with Crippen molar-refractivity contribution in [3.8, 4) is 5.75 Å². The van der Waals surface area contributed by atoms with Gasteiger partial charge in [-0.05, 0) is 36.6 Å². The average Bonchev–Trinajstić information content (AvgIpc) is 3.26. The molecule has 0 spiro atoms. The van der Waals surface area contributed by atoms with E-state index in [0.29, 0.717) is 19.7 Å². The molecule has 0 aliphatic rings. The van der Waals surface area contributed by atoms with Crippen LogP contribution in [0.3, 0.4) is 0 Å². The van der Waals surface area contributed by atoms with Crippen LogP contribution in [0, 0.1) is 0 Å². The van der Waals surface area contributed by atoms with Crippen LogP contribution in [0.1, 0.15) is 24.5 Å². The number of nitrogens with zero attached hydrogens (tertiary/aromatic N) is 4. The fourth-order valence-corrected chi connectivity index (χ4v) is 2.83. The van der Waals surface area contributed by atoms with E-state index in [1.165, 1.54) is 5.56 Å². The number of para-hydroxylation sites is 1. The Hall–Kier alpha value is -3.35. The average molecular weight is 393 g/mol. The number of rotatable bonds is 10. The highest BCUT2D eigenvalue weighted by Gasteiger charge is 2.01. The van der Waals surface area contributed by atoms with Crippen LogP contribution in [0.5, 0.6) is 5.75 Å². The molecular formula is C22H28N6O. The van der Waals surface area contributed by atoms with Crippen molar-refractivity contribution in [1.82, 2.24) is 25.4 Å². The minimum Gasteiger partial charge on any atom is -0.494 e. The molecule has 7 heteroatoms. The summed E-state index contributed by atoms with van der Waals surface area (Å²) in [5, 5.41) is 10.8. The number of ether oxygens (including phenoxy) is 1. The Morgan fingerprint density at radius 3 is 2.72 bits per heavy atom. The molecule has 0 radical (unpaired) electrons. The van der Waals surface area contributed by atoms with Gasteiger partial charge in [0.1, 0.15) is 18.4 Å². The number of aromatic nitrogens is 3. The minimum atomic E-state index is 0.612. The van der Waals surface area contributed by atoms with Crippen molar-refractivity contribution in [3.63, 3.8) is 0 Å². The number of nitrogens with one attached hydrogen (secondary N) is 2. The smallest absolute Gasteiger partial charge is 0.191 e. The van der Waals surface area contributed by atoms with Gasteiger partial charge in [-0.2, -0.15) is 5.10 Å². The molecule has 3 rings (SSSR count). The van der Waals surface area contributed by atoms with E-state index in [1.54, 1.807) is 12.7 Å². The molecule has 0 aliphatic heterocycles. The van der Waals surface area contributed by atoms with Crippen molar-refractivity contribution in [2.24, 2.45) is 4.99 Å². The number of aliphatic imine (C=N–C) groups is 1. The van der Waals surface area contributed by atoms with E-state index in [0.717, 1.165) is 36.8 Å². The van der Waals surface area contributed by atoms with Crippen LogP contribution >= 0.6 is 0 Å². The molecule has 2 N–H and O–H groups in total. The lowest BCUT2D eigenvalue weighted by atomic mass is 10.1. The molecule has 0 saturated heterocycles. The van der Waals surface area contributed by atoms with E-state index in [1.807, 2.05) is 35.0 Å². The number of hydrogen-bond acceptors (Lipinski definition) is 4. The van der Waals surface area contributed by atoms with Crippen molar-refractivity contribution in [1.29, 1.82) is 0 Å². The van der Waals surface area contributed by atoms with Crippen LogP contribution in [0.15, 0.2) is 72.2 Å². The number of benzene rings is 2. The van der Waals surface area contributed by atoms with E-state index in [-0.39, 0.29) is 0 Å². The monoisotopic (exact) mass is 392 g/mol. The van der Waals surface area contributed by atoms with Crippen LogP contribution in [0.4, 0.5) is 0 Å². The van der Waals surface area contributed by atoms with Gasteiger partial charge in [0, 0.05) is 13.1 Å². The van der Waals surface area contributed by atoms with Crippen molar-refractivity contribution < 1.29 is 4.74 Å². The molecule has 7 nitrogen and oxygen atoms in total. The van der Waals surface area contributed by atoms with Gasteiger partial charge >= 0.3 is 0 Å². The van der Waals surface area contributed by atoms with E-state index < -0.39 is 0 Å². The molecule has 0 aliphatic carbocycles. The summed E-state index contributed by atoms with van der Waals surface area (Å²) in [6.07, 6.45) is 4.17. The first kappa shape index (κ1) is 20.4. The second-order valence-electron chi connectivity index (χ2n) is 6.55. The van der Waals surface area contributed by atoms with Crippen molar-refractivity contribution in [3.05, 3.63) is 78.4 Å². The fraction of sp³-hybridized carbons (Fsp3) is 0.318. The summed E-state index contributed by atoms with van der Waals surface area (Å²) in [5.74, 6) is 1.72. The third-order valence-electron chi connectivity index (χ3n) is 4.19. The first-order valence-electron chi connectivity index (χ1n) is 9.94. The van der Waals surface area contributed by atoms with Crippen LogP contribution in [0.25, 0.3) is 0 Å². The van der Waals surface area contributed by atoms with Crippen molar-refractivity contribution in [2.75, 3.05) is 19.7 Å². The second kappa shape index (κ2) is 11.5. The Morgan fingerprint density at radius 1 is 1.07 bits per heavy atom. The minimum absolute atomic E-state index is 0.612. The Morgan fingerprint density at radius 2 is 1.93 bits per heavy atom. The topological polar surface area (TPSA) is 76.4 Å². The summed E-state index contributed by atoms with van der Waals surface area (Å²) in [6, 6.07) is 18.3. The van der Waals surface area contributed by atoms with E-state index in [2.05, 4.69) is 51.9 Å². The SMILES string of the molecule is CCNC(=NCc1cccc(Cn2cncn2)c1)NCCCOc1ccccc1. The van der Waals surface area contributed by atoms with Crippen LogP contribution in [-0.2, 0) is 13.1 Å². The lowest BCUT2D eigenvalue weighted by molar-refractivity contribution is 0.311. The van der Waals surface area contributed by atoms with Crippen molar-refractivity contribution in [2.45, 2.75) is 26.4 Å². The maximum Gasteiger partial charge on any atom is 0.191 e. The maximum atomic E-state index is 5.72. The third kappa shape index (κ3) is 7.29. The molecule has 0 atom stereocenters. The summed E-state index contributed by atoms with van der Waals surface area (Å²) in [6.45, 7) is 5.66. The quantitative estimate of drug-likeness (QED) is 0.315. The first-order valence-corrected chi connectivity index (χ1v) is 9.94. The van der Waals surface area contributed by atoms with E-state index >= 15 is 0 Å². The summed E-state index contributed by atoms with van der Waals surface area (Å²) in [5.41, 5.74) is 2.34. The summed E-state index contributed by atoms with van der Waals surface area (Å²) >= 11 is 0. The largest absolute Gasteiger partial charge is 0.494 e. The Labute approximate surface area is 171 Å². The van der Waals surface area contributed by atoms with Gasteiger partial charge in [-0.1, -0.05) is 42.5 Å². The standard InChI is InChI=1S/C22H28N6O/c1-2-24-22(25-12-7-13-29-21-10-4-3-5-11-21)26-15-19-8-6-9-20(14-19)16-28-18-23-17-27-28/h3-6,8-11,14,17-18H,2,7,12-13,15-16H2,1H3,(H2,24,25,26). The molecule has 3 aromatic rings. The molecule has 0 fully saturated rings. The van der Waals surface area contributed by atoms with Gasteiger partial charge < -0.3 is 15.4 Å². The highest BCUT2D eigenvalue weighted by atomic mass is 16.5. The molecule has 29 heavy (non-hydrogen) atoms. The highest BCUT2D eigenvalue weighted by Crippen LogP contribution is 2.09. The van der Waals surface area contributed by atoms with Crippen LogP contribution in [0.2, 0.25) is 0 Å².